The van der Waals surface area contributed by atoms with Crippen molar-refractivity contribution in [3.05, 3.63) is 0 Å². The third-order valence-electron chi connectivity index (χ3n) is 2.73. The summed E-state index contributed by atoms with van der Waals surface area (Å²) in [7, 11) is 1.27. The molecule has 1 rings (SSSR count). The number of carbonyl (C=O) groups is 2. The van der Waals surface area contributed by atoms with Gasteiger partial charge >= 0.3 is 5.97 Å². The number of amides is 1. The highest BCUT2D eigenvalue weighted by Crippen LogP contribution is 2.41. The van der Waals surface area contributed by atoms with Crippen molar-refractivity contribution >= 4 is 29.1 Å². The molecular formula is C9H14N2O3S. The van der Waals surface area contributed by atoms with Crippen molar-refractivity contribution in [2.75, 3.05) is 13.7 Å². The number of hydrogen-bond donors (Lipinski definition) is 2. The highest BCUT2D eigenvalue weighted by Gasteiger charge is 2.46. The van der Waals surface area contributed by atoms with Crippen LogP contribution in [-0.2, 0) is 14.3 Å². The number of nitrogens with one attached hydrogen (secondary N) is 1. The van der Waals surface area contributed by atoms with Gasteiger partial charge in [-0.1, -0.05) is 18.6 Å². The minimum Gasteiger partial charge on any atom is -0.468 e. The summed E-state index contributed by atoms with van der Waals surface area (Å²) in [4.78, 5) is 22.7. The molecule has 0 aromatic heterocycles. The molecule has 1 aliphatic carbocycles. The lowest BCUT2D eigenvalue weighted by Crippen LogP contribution is -2.53. The lowest BCUT2D eigenvalue weighted by Gasteiger charge is -2.38. The molecule has 0 heterocycles. The van der Waals surface area contributed by atoms with E-state index in [1.165, 1.54) is 7.11 Å². The van der Waals surface area contributed by atoms with Crippen molar-refractivity contribution in [3.63, 3.8) is 0 Å². The number of esters is 1. The Morgan fingerprint density at radius 2 is 2.13 bits per heavy atom. The number of methoxy groups -OCH3 is 1. The van der Waals surface area contributed by atoms with Crippen LogP contribution in [0.2, 0.25) is 0 Å². The van der Waals surface area contributed by atoms with E-state index in [1.807, 2.05) is 0 Å². The van der Waals surface area contributed by atoms with Gasteiger partial charge in [0, 0.05) is 0 Å². The predicted octanol–water partition coefficient (Wildman–Crippen LogP) is -0.268. The average molecular weight is 230 g/mol. The Bertz CT molecular complexity index is 300. The van der Waals surface area contributed by atoms with E-state index in [9.17, 15) is 9.59 Å². The first-order chi connectivity index (χ1) is 7.03. The average Bonchev–Trinajstić information content (AvgIpc) is 2.11. The summed E-state index contributed by atoms with van der Waals surface area (Å²) in [6.45, 7) is -0.139. The molecule has 0 spiro atoms. The molecule has 84 valence electrons. The van der Waals surface area contributed by atoms with Crippen molar-refractivity contribution in [1.82, 2.24) is 5.32 Å². The van der Waals surface area contributed by atoms with Crippen LogP contribution in [0.5, 0.6) is 0 Å². The standard InChI is InChI=1S/C9H14N2O3S/c1-14-6(12)5-11-8(13)9(7(10)15)3-2-4-9/h2-5H2,1H3,(H2,10,15)(H,11,13). The van der Waals surface area contributed by atoms with Gasteiger partial charge in [0.2, 0.25) is 5.91 Å². The van der Waals surface area contributed by atoms with Crippen molar-refractivity contribution in [1.29, 1.82) is 0 Å². The van der Waals surface area contributed by atoms with Gasteiger partial charge in [0.1, 0.15) is 6.54 Å². The number of hydrogen-bond acceptors (Lipinski definition) is 4. The fourth-order valence-corrected chi connectivity index (χ4v) is 1.81. The second-order valence-electron chi connectivity index (χ2n) is 3.56. The molecule has 1 aliphatic rings. The molecular weight excluding hydrogens is 216 g/mol. The van der Waals surface area contributed by atoms with E-state index < -0.39 is 11.4 Å². The van der Waals surface area contributed by atoms with E-state index >= 15 is 0 Å². The first-order valence-corrected chi connectivity index (χ1v) is 5.09. The Morgan fingerprint density at radius 1 is 1.53 bits per heavy atom. The predicted molar refractivity (Wildman–Crippen MR) is 58.1 cm³/mol. The molecule has 0 atom stereocenters. The molecule has 1 saturated carbocycles. The SMILES string of the molecule is COC(=O)CNC(=O)C1(C(N)=S)CCC1. The van der Waals surface area contributed by atoms with Crippen LogP contribution < -0.4 is 11.1 Å². The summed E-state index contributed by atoms with van der Waals surface area (Å²) in [6.07, 6.45) is 2.26. The zero-order valence-electron chi connectivity index (χ0n) is 8.54. The Kier molecular flexibility index (Phi) is 3.62. The Morgan fingerprint density at radius 3 is 2.47 bits per heavy atom. The Balaban J connectivity index is 2.52. The lowest BCUT2D eigenvalue weighted by atomic mass is 9.68. The third-order valence-corrected chi connectivity index (χ3v) is 3.13. The summed E-state index contributed by atoms with van der Waals surface area (Å²) in [6, 6.07) is 0. The number of nitrogens with two attached hydrogens (primary N) is 1. The van der Waals surface area contributed by atoms with E-state index in [0.29, 0.717) is 12.8 Å². The summed E-state index contributed by atoms with van der Waals surface area (Å²) in [5.41, 5.74) is 4.79. The van der Waals surface area contributed by atoms with Gasteiger partial charge < -0.3 is 15.8 Å². The quantitative estimate of drug-likeness (QED) is 0.513. The Hall–Kier alpha value is -1.17. The van der Waals surface area contributed by atoms with Crippen molar-refractivity contribution in [2.45, 2.75) is 19.3 Å². The second kappa shape index (κ2) is 4.57. The van der Waals surface area contributed by atoms with Crippen LogP contribution >= 0.6 is 12.2 Å². The lowest BCUT2D eigenvalue weighted by molar-refractivity contribution is -0.142. The zero-order chi connectivity index (χ0) is 11.5. The molecule has 0 aliphatic heterocycles. The van der Waals surface area contributed by atoms with Gasteiger partial charge in [-0.15, -0.1) is 0 Å². The van der Waals surface area contributed by atoms with E-state index in [4.69, 9.17) is 18.0 Å². The van der Waals surface area contributed by atoms with Crippen LogP contribution in [-0.4, -0.2) is 30.5 Å². The van der Waals surface area contributed by atoms with Crippen LogP contribution in [0.4, 0.5) is 0 Å². The molecule has 3 N–H and O–H groups in total. The highest BCUT2D eigenvalue weighted by molar-refractivity contribution is 7.80. The third kappa shape index (κ3) is 2.26. The van der Waals surface area contributed by atoms with Crippen LogP contribution in [0, 0.1) is 5.41 Å². The van der Waals surface area contributed by atoms with Gasteiger partial charge in [-0.3, -0.25) is 9.59 Å². The normalized spacial score (nSPS) is 17.4. The van der Waals surface area contributed by atoms with Gasteiger partial charge in [-0.05, 0) is 12.8 Å². The number of carbonyl (C=O) groups excluding carboxylic acids is 2. The fourth-order valence-electron chi connectivity index (χ4n) is 1.51. The molecule has 6 heteroatoms. The number of thiocarbonyl (C=S) groups is 1. The van der Waals surface area contributed by atoms with Crippen LogP contribution in [0.25, 0.3) is 0 Å². The molecule has 1 amide bonds. The van der Waals surface area contributed by atoms with Crippen molar-refractivity contribution in [2.24, 2.45) is 11.1 Å². The minimum atomic E-state index is -0.733. The van der Waals surface area contributed by atoms with E-state index in [-0.39, 0.29) is 17.4 Å². The first kappa shape index (κ1) is 11.9. The maximum absolute atomic E-state index is 11.7. The Labute approximate surface area is 93.3 Å². The second-order valence-corrected chi connectivity index (χ2v) is 4.00. The molecule has 0 radical (unpaired) electrons. The molecule has 0 unspecified atom stereocenters. The van der Waals surface area contributed by atoms with Crippen molar-refractivity contribution < 1.29 is 14.3 Å². The molecule has 15 heavy (non-hydrogen) atoms. The molecule has 1 fully saturated rings. The number of ether oxygens (including phenoxy) is 1. The highest BCUT2D eigenvalue weighted by atomic mass is 32.1. The maximum atomic E-state index is 11.7. The largest absolute Gasteiger partial charge is 0.468 e. The molecule has 5 nitrogen and oxygen atoms in total. The fraction of sp³-hybridized carbons (Fsp3) is 0.667. The van der Waals surface area contributed by atoms with Crippen LogP contribution in [0.3, 0.4) is 0 Å². The summed E-state index contributed by atoms with van der Waals surface area (Å²) in [5.74, 6) is -0.757. The van der Waals surface area contributed by atoms with Gasteiger partial charge in [-0.25, -0.2) is 0 Å². The van der Waals surface area contributed by atoms with Gasteiger partial charge in [0.05, 0.1) is 17.5 Å². The van der Waals surface area contributed by atoms with Crippen LogP contribution in [0.1, 0.15) is 19.3 Å². The molecule has 0 aromatic rings. The van der Waals surface area contributed by atoms with Gasteiger partial charge in [0.25, 0.3) is 0 Å². The molecule has 0 aromatic carbocycles. The first-order valence-electron chi connectivity index (χ1n) is 4.68. The van der Waals surface area contributed by atoms with E-state index in [1.54, 1.807) is 0 Å². The summed E-state index contributed by atoms with van der Waals surface area (Å²) >= 11 is 4.87. The molecule has 0 bridgehead atoms. The van der Waals surface area contributed by atoms with Crippen molar-refractivity contribution in [3.8, 4) is 0 Å². The summed E-state index contributed by atoms with van der Waals surface area (Å²) in [5, 5.41) is 2.48. The van der Waals surface area contributed by atoms with E-state index in [2.05, 4.69) is 10.1 Å². The number of rotatable bonds is 4. The topological polar surface area (TPSA) is 81.4 Å². The van der Waals surface area contributed by atoms with Crippen LogP contribution in [0.15, 0.2) is 0 Å². The van der Waals surface area contributed by atoms with Gasteiger partial charge in [0.15, 0.2) is 0 Å². The summed E-state index contributed by atoms with van der Waals surface area (Å²) < 4.78 is 4.41. The smallest absolute Gasteiger partial charge is 0.325 e. The maximum Gasteiger partial charge on any atom is 0.325 e. The monoisotopic (exact) mass is 230 g/mol. The van der Waals surface area contributed by atoms with Gasteiger partial charge in [-0.2, -0.15) is 0 Å². The molecule has 0 saturated heterocycles. The minimum absolute atomic E-state index is 0.139. The zero-order valence-corrected chi connectivity index (χ0v) is 9.36. The van der Waals surface area contributed by atoms with E-state index in [0.717, 1.165) is 6.42 Å².